The van der Waals surface area contributed by atoms with E-state index in [9.17, 15) is 4.79 Å². The summed E-state index contributed by atoms with van der Waals surface area (Å²) in [6, 6.07) is 10.4. The van der Waals surface area contributed by atoms with Crippen LogP contribution < -0.4 is 15.5 Å². The lowest BCUT2D eigenvalue weighted by Gasteiger charge is -2.24. The molecule has 0 saturated carbocycles. The lowest BCUT2D eigenvalue weighted by molar-refractivity contribution is -0.125. The van der Waals surface area contributed by atoms with Crippen LogP contribution in [0.2, 0.25) is 0 Å². The summed E-state index contributed by atoms with van der Waals surface area (Å²) in [5, 5.41) is 6.36. The van der Waals surface area contributed by atoms with E-state index in [1.807, 2.05) is 6.07 Å². The van der Waals surface area contributed by atoms with Crippen LogP contribution in [-0.4, -0.2) is 38.6 Å². The van der Waals surface area contributed by atoms with Gasteiger partial charge >= 0.3 is 0 Å². The van der Waals surface area contributed by atoms with Gasteiger partial charge < -0.3 is 15.5 Å². The van der Waals surface area contributed by atoms with E-state index in [1.54, 1.807) is 0 Å². The summed E-state index contributed by atoms with van der Waals surface area (Å²) in [6.45, 7) is 6.77. The maximum absolute atomic E-state index is 12.0. The molecule has 132 valence electrons. The molecule has 0 radical (unpaired) electrons. The second kappa shape index (κ2) is 12.5. The normalized spacial score (nSPS) is 16.7. The van der Waals surface area contributed by atoms with Gasteiger partial charge in [-0.2, -0.15) is 0 Å². The second-order valence-electron chi connectivity index (χ2n) is 5.60. The van der Waals surface area contributed by atoms with E-state index in [2.05, 4.69) is 46.7 Å². The van der Waals surface area contributed by atoms with Crippen LogP contribution in [-0.2, 0) is 4.79 Å². The third-order valence-electron chi connectivity index (χ3n) is 4.07. The van der Waals surface area contributed by atoms with Crippen LogP contribution in [0.3, 0.4) is 0 Å². The highest BCUT2D eigenvalue weighted by Gasteiger charge is 2.20. The first-order valence-corrected chi connectivity index (χ1v) is 8.09. The van der Waals surface area contributed by atoms with Gasteiger partial charge in [-0.3, -0.25) is 4.79 Å². The molecule has 0 aromatic heterocycles. The number of rotatable bonds is 7. The molecule has 1 amide bonds. The average molecular weight is 362 g/mol. The topological polar surface area (TPSA) is 44.4 Å². The van der Waals surface area contributed by atoms with Gasteiger partial charge in [-0.1, -0.05) is 18.2 Å². The van der Waals surface area contributed by atoms with Crippen molar-refractivity contribution in [3.63, 3.8) is 0 Å². The quantitative estimate of drug-likeness (QED) is 0.733. The molecule has 1 aromatic rings. The summed E-state index contributed by atoms with van der Waals surface area (Å²) in [7, 11) is 0. The third kappa shape index (κ3) is 7.42. The van der Waals surface area contributed by atoms with Crippen molar-refractivity contribution < 1.29 is 4.79 Å². The average Bonchev–Trinajstić information content (AvgIpc) is 2.56. The molecule has 1 unspecified atom stereocenters. The molecule has 0 spiro atoms. The molecule has 23 heavy (non-hydrogen) atoms. The number of carbonyl (C=O) groups is 1. The van der Waals surface area contributed by atoms with Crippen molar-refractivity contribution in [3.8, 4) is 0 Å². The monoisotopic (exact) mass is 361 g/mol. The Labute approximate surface area is 152 Å². The number of nitrogens with one attached hydrogen (secondary N) is 2. The molecular weight excluding hydrogens is 333 g/mol. The standard InChI is InChI=1S/C17H27N3O.2ClH/c1-2-20(16-9-4-3-5-10-16)13-7-12-19-17(21)15-8-6-11-18-14-15;;/h3-5,9-10,15,18H,2,6-8,11-14H2,1H3,(H,19,21);2*1H. The smallest absolute Gasteiger partial charge is 0.224 e. The fraction of sp³-hybridized carbons (Fsp3) is 0.588. The molecule has 1 atom stereocenters. The number of carbonyl (C=O) groups excluding carboxylic acids is 1. The number of hydrogen-bond acceptors (Lipinski definition) is 3. The Balaban J connectivity index is 0.00000242. The predicted molar refractivity (Wildman–Crippen MR) is 102 cm³/mol. The number of hydrogen-bond donors (Lipinski definition) is 2. The van der Waals surface area contributed by atoms with Crippen LogP contribution >= 0.6 is 24.8 Å². The van der Waals surface area contributed by atoms with Crippen LogP contribution in [0.25, 0.3) is 0 Å². The summed E-state index contributed by atoms with van der Waals surface area (Å²) in [6.07, 6.45) is 3.11. The fourth-order valence-corrected chi connectivity index (χ4v) is 2.81. The van der Waals surface area contributed by atoms with E-state index >= 15 is 0 Å². The first-order chi connectivity index (χ1) is 10.3. The number of halogens is 2. The molecule has 1 aliphatic heterocycles. The maximum atomic E-state index is 12.0. The SMILES string of the molecule is CCN(CCCNC(=O)C1CCCNC1)c1ccccc1.Cl.Cl. The van der Waals surface area contributed by atoms with E-state index in [1.165, 1.54) is 5.69 Å². The molecule has 1 aromatic carbocycles. The highest BCUT2D eigenvalue weighted by molar-refractivity contribution is 5.85. The van der Waals surface area contributed by atoms with E-state index < -0.39 is 0 Å². The molecule has 0 bridgehead atoms. The minimum Gasteiger partial charge on any atom is -0.372 e. The van der Waals surface area contributed by atoms with Crippen molar-refractivity contribution >= 4 is 36.4 Å². The zero-order valence-corrected chi connectivity index (χ0v) is 15.4. The first-order valence-electron chi connectivity index (χ1n) is 8.09. The Morgan fingerprint density at radius 1 is 1.30 bits per heavy atom. The molecule has 0 aliphatic carbocycles. The van der Waals surface area contributed by atoms with E-state index in [0.717, 1.165) is 52.0 Å². The van der Waals surface area contributed by atoms with Gasteiger partial charge in [-0.25, -0.2) is 0 Å². The van der Waals surface area contributed by atoms with E-state index in [4.69, 9.17) is 0 Å². The zero-order chi connectivity index (χ0) is 14.9. The number of benzene rings is 1. The van der Waals surface area contributed by atoms with Gasteiger partial charge in [-0.15, -0.1) is 24.8 Å². The number of piperidine rings is 1. The van der Waals surface area contributed by atoms with Gasteiger partial charge in [0.25, 0.3) is 0 Å². The summed E-state index contributed by atoms with van der Waals surface area (Å²) >= 11 is 0. The molecule has 1 saturated heterocycles. The zero-order valence-electron chi connectivity index (χ0n) is 13.8. The van der Waals surface area contributed by atoms with Crippen LogP contribution in [0, 0.1) is 5.92 Å². The summed E-state index contributed by atoms with van der Waals surface area (Å²) in [4.78, 5) is 14.4. The highest BCUT2D eigenvalue weighted by atomic mass is 35.5. The molecular formula is C17H29Cl2N3O. The van der Waals surface area contributed by atoms with Crippen LogP contribution in [0.15, 0.2) is 30.3 Å². The lowest BCUT2D eigenvalue weighted by atomic mass is 9.99. The predicted octanol–water partition coefficient (Wildman–Crippen LogP) is 2.86. The summed E-state index contributed by atoms with van der Waals surface area (Å²) < 4.78 is 0. The number of amides is 1. The Kier molecular flexibility index (Phi) is 11.9. The van der Waals surface area contributed by atoms with Gasteiger partial charge in [0.15, 0.2) is 0 Å². The van der Waals surface area contributed by atoms with Gasteiger partial charge in [-0.05, 0) is 44.9 Å². The number of para-hydroxylation sites is 1. The van der Waals surface area contributed by atoms with Crippen molar-refractivity contribution in [3.05, 3.63) is 30.3 Å². The minimum atomic E-state index is 0. The summed E-state index contributed by atoms with van der Waals surface area (Å²) in [5.74, 6) is 0.375. The minimum absolute atomic E-state index is 0. The lowest BCUT2D eigenvalue weighted by Crippen LogP contribution is -2.41. The van der Waals surface area contributed by atoms with E-state index in [0.29, 0.717) is 0 Å². The van der Waals surface area contributed by atoms with Crippen molar-refractivity contribution in [2.75, 3.05) is 37.6 Å². The van der Waals surface area contributed by atoms with Gasteiger partial charge in [0.05, 0.1) is 5.92 Å². The van der Waals surface area contributed by atoms with Gasteiger partial charge in [0.1, 0.15) is 0 Å². The van der Waals surface area contributed by atoms with Crippen LogP contribution in [0.5, 0.6) is 0 Å². The van der Waals surface area contributed by atoms with Crippen molar-refractivity contribution in [1.82, 2.24) is 10.6 Å². The Bertz CT molecular complexity index is 425. The second-order valence-corrected chi connectivity index (χ2v) is 5.60. The molecule has 6 heteroatoms. The van der Waals surface area contributed by atoms with Gasteiger partial charge in [0.2, 0.25) is 5.91 Å². The van der Waals surface area contributed by atoms with Crippen LogP contribution in [0.1, 0.15) is 26.2 Å². The van der Waals surface area contributed by atoms with Crippen LogP contribution in [0.4, 0.5) is 5.69 Å². The molecule has 4 nitrogen and oxygen atoms in total. The number of nitrogens with zero attached hydrogens (tertiary/aromatic N) is 1. The molecule has 2 rings (SSSR count). The first kappa shape index (κ1) is 22.0. The third-order valence-corrected chi connectivity index (χ3v) is 4.07. The van der Waals surface area contributed by atoms with E-state index in [-0.39, 0.29) is 36.6 Å². The molecule has 1 heterocycles. The summed E-state index contributed by atoms with van der Waals surface area (Å²) in [5.41, 5.74) is 1.25. The highest BCUT2D eigenvalue weighted by Crippen LogP contribution is 2.13. The largest absolute Gasteiger partial charge is 0.372 e. The molecule has 1 fully saturated rings. The molecule has 1 aliphatic rings. The molecule has 2 N–H and O–H groups in total. The van der Waals surface area contributed by atoms with Gasteiger partial charge in [0, 0.05) is 31.9 Å². The number of anilines is 1. The fourth-order valence-electron chi connectivity index (χ4n) is 2.81. The Hall–Kier alpha value is -0.970. The van der Waals surface area contributed by atoms with Crippen molar-refractivity contribution in [2.24, 2.45) is 5.92 Å². The Morgan fingerprint density at radius 3 is 2.65 bits per heavy atom. The Morgan fingerprint density at radius 2 is 2.04 bits per heavy atom. The van der Waals surface area contributed by atoms with Crippen molar-refractivity contribution in [2.45, 2.75) is 26.2 Å². The maximum Gasteiger partial charge on any atom is 0.224 e. The van der Waals surface area contributed by atoms with Crippen molar-refractivity contribution in [1.29, 1.82) is 0 Å².